The molecule has 142 valence electrons. The highest BCUT2D eigenvalue weighted by Crippen LogP contribution is 2.39. The van der Waals surface area contributed by atoms with Gasteiger partial charge in [0, 0.05) is 18.6 Å². The maximum atomic E-state index is 13.1. The molecule has 0 bridgehead atoms. The van der Waals surface area contributed by atoms with Crippen LogP contribution in [0.4, 0.5) is 11.4 Å². The van der Waals surface area contributed by atoms with Gasteiger partial charge in [-0.15, -0.1) is 0 Å². The van der Waals surface area contributed by atoms with Crippen molar-refractivity contribution >= 4 is 28.9 Å². The number of aryl methyl sites for hydroxylation is 2. The molecule has 4 rings (SSSR count). The van der Waals surface area contributed by atoms with Gasteiger partial charge in [-0.2, -0.15) is 0 Å². The number of nitro benzene ring substituents is 1. The maximum absolute atomic E-state index is 13.1. The number of carbonyl (C=O) groups is 2. The molecule has 1 atom stereocenters. The normalized spacial score (nSPS) is 21.2. The molecule has 1 spiro atoms. The molecule has 2 aromatic rings. The Balaban J connectivity index is 1.58. The van der Waals surface area contributed by atoms with Crippen molar-refractivity contribution in [1.82, 2.24) is 0 Å². The number of oxime groups is 1. The minimum atomic E-state index is -1.35. The Morgan fingerprint density at radius 2 is 1.79 bits per heavy atom. The van der Waals surface area contributed by atoms with E-state index in [1.165, 1.54) is 12.1 Å². The average Bonchev–Trinajstić information content (AvgIpc) is 3.19. The van der Waals surface area contributed by atoms with Crippen LogP contribution in [-0.4, -0.2) is 28.1 Å². The van der Waals surface area contributed by atoms with Crippen LogP contribution in [0.5, 0.6) is 0 Å². The number of amides is 2. The Morgan fingerprint density at radius 1 is 1.07 bits per heavy atom. The lowest BCUT2D eigenvalue weighted by atomic mass is 9.92. The summed E-state index contributed by atoms with van der Waals surface area (Å²) in [5.41, 5.74) is 2.28. The Labute approximate surface area is 160 Å². The number of carbonyl (C=O) groups excluding carboxylic acids is 2. The zero-order valence-corrected chi connectivity index (χ0v) is 15.3. The summed E-state index contributed by atoms with van der Waals surface area (Å²) in [5, 5.41) is 14.8. The number of non-ortho nitro benzene ring substituents is 1. The van der Waals surface area contributed by atoms with Gasteiger partial charge in [-0.1, -0.05) is 11.2 Å². The third-order valence-electron chi connectivity index (χ3n) is 5.22. The van der Waals surface area contributed by atoms with Gasteiger partial charge in [0.2, 0.25) is 11.5 Å². The first kappa shape index (κ1) is 17.8. The van der Waals surface area contributed by atoms with Crippen LogP contribution < -0.4 is 4.90 Å². The van der Waals surface area contributed by atoms with Gasteiger partial charge in [-0.05, 0) is 54.8 Å². The van der Waals surface area contributed by atoms with Crippen molar-refractivity contribution in [3.8, 4) is 0 Å². The van der Waals surface area contributed by atoms with Crippen molar-refractivity contribution in [3.05, 3.63) is 69.3 Å². The number of benzene rings is 2. The minimum Gasteiger partial charge on any atom is -0.378 e. The Kier molecular flexibility index (Phi) is 3.99. The van der Waals surface area contributed by atoms with Crippen LogP contribution in [0.15, 0.2) is 47.6 Å². The largest absolute Gasteiger partial charge is 0.378 e. The lowest BCUT2D eigenvalue weighted by Crippen LogP contribution is -2.40. The van der Waals surface area contributed by atoms with Crippen LogP contribution in [0.25, 0.3) is 0 Å². The van der Waals surface area contributed by atoms with Crippen LogP contribution in [0, 0.1) is 24.0 Å². The van der Waals surface area contributed by atoms with E-state index in [1.54, 1.807) is 24.3 Å². The molecule has 8 heteroatoms. The summed E-state index contributed by atoms with van der Waals surface area (Å²) in [6.07, 6.45) is 0.0372. The molecule has 0 aromatic heterocycles. The molecule has 2 aliphatic rings. The van der Waals surface area contributed by atoms with Gasteiger partial charge in [0.1, 0.15) is 0 Å². The lowest BCUT2D eigenvalue weighted by molar-refractivity contribution is -0.384. The Morgan fingerprint density at radius 3 is 2.43 bits per heavy atom. The van der Waals surface area contributed by atoms with Gasteiger partial charge in [0.25, 0.3) is 11.6 Å². The molecule has 0 aliphatic carbocycles. The van der Waals surface area contributed by atoms with E-state index in [0.29, 0.717) is 17.0 Å². The van der Waals surface area contributed by atoms with E-state index < -0.39 is 16.4 Å². The second-order valence-corrected chi connectivity index (χ2v) is 7.08. The van der Waals surface area contributed by atoms with Crippen LogP contribution in [0.3, 0.4) is 0 Å². The topological polar surface area (TPSA) is 102 Å². The first-order valence-electron chi connectivity index (χ1n) is 8.75. The van der Waals surface area contributed by atoms with E-state index >= 15 is 0 Å². The Bertz CT molecular complexity index is 1040. The van der Waals surface area contributed by atoms with Crippen LogP contribution in [0.2, 0.25) is 0 Å². The molecule has 0 N–H and O–H groups in total. The van der Waals surface area contributed by atoms with Gasteiger partial charge < -0.3 is 4.84 Å². The summed E-state index contributed by atoms with van der Waals surface area (Å²) < 4.78 is 0. The fourth-order valence-electron chi connectivity index (χ4n) is 3.46. The highest BCUT2D eigenvalue weighted by molar-refractivity contribution is 6.25. The van der Waals surface area contributed by atoms with E-state index in [0.717, 1.165) is 16.0 Å². The van der Waals surface area contributed by atoms with Gasteiger partial charge in [0.15, 0.2) is 0 Å². The predicted octanol–water partition coefficient (Wildman–Crippen LogP) is 3.04. The highest BCUT2D eigenvalue weighted by atomic mass is 16.7. The summed E-state index contributed by atoms with van der Waals surface area (Å²) in [6, 6.07) is 11.3. The van der Waals surface area contributed by atoms with Crippen molar-refractivity contribution in [1.29, 1.82) is 0 Å². The lowest BCUT2D eigenvalue weighted by Gasteiger charge is -2.20. The molecular weight excluding hydrogens is 362 g/mol. The first-order chi connectivity index (χ1) is 13.3. The first-order valence-corrected chi connectivity index (χ1v) is 8.75. The number of hydrogen-bond donors (Lipinski definition) is 0. The second-order valence-electron chi connectivity index (χ2n) is 7.08. The van der Waals surface area contributed by atoms with Gasteiger partial charge >= 0.3 is 0 Å². The molecular formula is C20H17N3O5. The predicted molar refractivity (Wildman–Crippen MR) is 101 cm³/mol. The zero-order valence-electron chi connectivity index (χ0n) is 15.3. The highest BCUT2D eigenvalue weighted by Gasteiger charge is 2.58. The molecule has 28 heavy (non-hydrogen) atoms. The quantitative estimate of drug-likeness (QED) is 0.463. The SMILES string of the molecule is Cc1ccc(N2C(=O)C[C@@]3(CC(c4ccc([N+](=O)[O-])cc4)=NO3)C2=O)cc1C. The van der Waals surface area contributed by atoms with E-state index in [4.69, 9.17) is 4.84 Å². The van der Waals surface area contributed by atoms with E-state index in [1.807, 2.05) is 19.9 Å². The molecule has 1 saturated heterocycles. The third-order valence-corrected chi connectivity index (χ3v) is 5.22. The van der Waals surface area contributed by atoms with Gasteiger partial charge in [-0.3, -0.25) is 19.7 Å². The van der Waals surface area contributed by atoms with Crippen molar-refractivity contribution in [2.24, 2.45) is 5.16 Å². The fraction of sp³-hybridized carbons (Fsp3) is 0.250. The molecule has 0 radical (unpaired) electrons. The molecule has 0 saturated carbocycles. The van der Waals surface area contributed by atoms with Crippen molar-refractivity contribution in [2.75, 3.05) is 4.90 Å². The van der Waals surface area contributed by atoms with Crippen LogP contribution in [-0.2, 0) is 14.4 Å². The average molecular weight is 379 g/mol. The van der Waals surface area contributed by atoms with Gasteiger partial charge in [-0.25, -0.2) is 4.90 Å². The smallest absolute Gasteiger partial charge is 0.281 e. The number of imide groups is 1. The number of anilines is 1. The molecule has 2 heterocycles. The summed E-state index contributed by atoms with van der Waals surface area (Å²) >= 11 is 0. The molecule has 2 aromatic carbocycles. The summed E-state index contributed by atoms with van der Waals surface area (Å²) in [5.74, 6) is -0.783. The Hall–Kier alpha value is -3.55. The summed E-state index contributed by atoms with van der Waals surface area (Å²) in [6.45, 7) is 3.88. The number of rotatable bonds is 3. The number of nitrogens with zero attached hydrogens (tertiary/aromatic N) is 3. The van der Waals surface area contributed by atoms with Crippen molar-refractivity contribution in [3.63, 3.8) is 0 Å². The monoisotopic (exact) mass is 379 g/mol. The zero-order chi connectivity index (χ0) is 20.1. The van der Waals surface area contributed by atoms with Crippen molar-refractivity contribution < 1.29 is 19.3 Å². The van der Waals surface area contributed by atoms with Crippen LogP contribution in [0.1, 0.15) is 29.5 Å². The molecule has 2 aliphatic heterocycles. The van der Waals surface area contributed by atoms with Gasteiger partial charge in [0.05, 0.1) is 22.7 Å². The van der Waals surface area contributed by atoms with E-state index in [-0.39, 0.29) is 24.4 Å². The third kappa shape index (κ3) is 2.74. The molecule has 0 unspecified atom stereocenters. The summed E-state index contributed by atoms with van der Waals surface area (Å²) in [4.78, 5) is 42.6. The molecule has 8 nitrogen and oxygen atoms in total. The van der Waals surface area contributed by atoms with E-state index in [9.17, 15) is 19.7 Å². The maximum Gasteiger partial charge on any atom is 0.281 e. The molecule has 2 amide bonds. The fourth-order valence-corrected chi connectivity index (χ4v) is 3.46. The second kappa shape index (κ2) is 6.26. The van der Waals surface area contributed by atoms with Crippen molar-refractivity contribution in [2.45, 2.75) is 32.3 Å². The minimum absolute atomic E-state index is 0.0361. The van der Waals surface area contributed by atoms with Crippen LogP contribution >= 0.6 is 0 Å². The molecule has 1 fully saturated rings. The van der Waals surface area contributed by atoms with E-state index in [2.05, 4.69) is 5.16 Å². The number of hydrogen-bond acceptors (Lipinski definition) is 6. The standard InChI is InChI=1S/C20H17N3O5/c1-12-3-6-16(9-13(12)2)22-18(24)11-20(19(22)25)10-17(21-28-20)14-4-7-15(8-5-14)23(26)27/h3-9H,10-11H2,1-2H3/t20-/m0/s1. The number of nitro groups is 1. The summed E-state index contributed by atoms with van der Waals surface area (Å²) in [7, 11) is 0.